The Balaban J connectivity index is 2.50. The van der Waals surface area contributed by atoms with Gasteiger partial charge in [-0.25, -0.2) is 13.1 Å². The highest BCUT2D eigenvalue weighted by Crippen LogP contribution is 2.21. The highest BCUT2D eigenvalue weighted by Gasteiger charge is 2.11. The summed E-state index contributed by atoms with van der Waals surface area (Å²) in [5.74, 6) is 0. The van der Waals surface area contributed by atoms with E-state index in [1.54, 1.807) is 18.2 Å². The molecule has 0 spiro atoms. The summed E-state index contributed by atoms with van der Waals surface area (Å²) < 4.78 is 25.7. The van der Waals surface area contributed by atoms with Crippen LogP contribution in [0.5, 0.6) is 0 Å². The Morgan fingerprint density at radius 1 is 0.882 bits per heavy atom. The summed E-state index contributed by atoms with van der Waals surface area (Å²) in [4.78, 5) is 0.279. The maximum absolute atomic E-state index is 11.7. The van der Waals surface area contributed by atoms with Crippen LogP contribution in [0.2, 0.25) is 0 Å². The third kappa shape index (κ3) is 2.54. The lowest BCUT2D eigenvalue weighted by molar-refractivity contribution is 0.588. The predicted octanol–water partition coefficient (Wildman–Crippen LogP) is 2.26. The van der Waals surface area contributed by atoms with Gasteiger partial charge in [-0.2, -0.15) is 0 Å². The molecule has 0 saturated heterocycles. The van der Waals surface area contributed by atoms with Gasteiger partial charge < -0.3 is 0 Å². The Morgan fingerprint density at radius 2 is 1.53 bits per heavy atom. The van der Waals surface area contributed by atoms with Crippen LogP contribution in [0.3, 0.4) is 0 Å². The average Bonchev–Trinajstić information content (AvgIpc) is 2.40. The van der Waals surface area contributed by atoms with E-state index >= 15 is 0 Å². The smallest absolute Gasteiger partial charge is 0.214 e. The zero-order chi connectivity index (χ0) is 12.3. The molecule has 0 aliphatic rings. The molecular formula is C13H13NO2S. The van der Waals surface area contributed by atoms with Gasteiger partial charge in [-0.05, 0) is 30.3 Å². The van der Waals surface area contributed by atoms with Gasteiger partial charge in [0, 0.05) is 0 Å². The first-order chi connectivity index (χ1) is 8.13. The maximum atomic E-state index is 11.7. The van der Waals surface area contributed by atoms with E-state index in [1.165, 1.54) is 7.05 Å². The molecular weight excluding hydrogens is 234 g/mol. The van der Waals surface area contributed by atoms with Crippen molar-refractivity contribution in [1.29, 1.82) is 0 Å². The summed E-state index contributed by atoms with van der Waals surface area (Å²) in [5, 5.41) is 0. The molecule has 0 fully saturated rings. The van der Waals surface area contributed by atoms with Crippen LogP contribution in [0.1, 0.15) is 0 Å². The van der Waals surface area contributed by atoms with Crippen molar-refractivity contribution in [2.45, 2.75) is 4.90 Å². The van der Waals surface area contributed by atoms with Gasteiger partial charge in [0.1, 0.15) is 0 Å². The van der Waals surface area contributed by atoms with Gasteiger partial charge in [0.25, 0.3) is 0 Å². The molecule has 0 bridgehead atoms. The van der Waals surface area contributed by atoms with Gasteiger partial charge in [-0.1, -0.05) is 42.5 Å². The van der Waals surface area contributed by atoms with Crippen LogP contribution in [-0.2, 0) is 10.0 Å². The van der Waals surface area contributed by atoms with Crippen molar-refractivity contribution in [3.8, 4) is 11.1 Å². The van der Waals surface area contributed by atoms with Crippen molar-refractivity contribution in [1.82, 2.24) is 4.72 Å². The second-order valence-electron chi connectivity index (χ2n) is 3.60. The van der Waals surface area contributed by atoms with E-state index in [2.05, 4.69) is 4.72 Å². The van der Waals surface area contributed by atoms with Crippen LogP contribution in [0.15, 0.2) is 59.5 Å². The number of benzene rings is 2. The molecule has 4 heteroatoms. The van der Waals surface area contributed by atoms with Crippen molar-refractivity contribution >= 4 is 10.0 Å². The highest BCUT2D eigenvalue weighted by molar-refractivity contribution is 7.89. The van der Waals surface area contributed by atoms with E-state index in [4.69, 9.17) is 0 Å². The van der Waals surface area contributed by atoms with Crippen molar-refractivity contribution in [3.05, 3.63) is 54.6 Å². The molecule has 88 valence electrons. The Morgan fingerprint density at radius 3 is 2.18 bits per heavy atom. The van der Waals surface area contributed by atoms with E-state index in [-0.39, 0.29) is 4.90 Å². The Hall–Kier alpha value is -1.65. The van der Waals surface area contributed by atoms with Crippen molar-refractivity contribution < 1.29 is 8.42 Å². The minimum Gasteiger partial charge on any atom is -0.214 e. The van der Waals surface area contributed by atoms with Crippen LogP contribution in [-0.4, -0.2) is 15.5 Å². The third-order valence-corrected chi connectivity index (χ3v) is 3.93. The third-order valence-electron chi connectivity index (χ3n) is 2.52. The lowest BCUT2D eigenvalue weighted by atomic mass is 10.1. The van der Waals surface area contributed by atoms with Gasteiger partial charge in [0.05, 0.1) is 4.90 Å². The molecule has 0 aliphatic carbocycles. The quantitative estimate of drug-likeness (QED) is 0.904. The van der Waals surface area contributed by atoms with Crippen molar-refractivity contribution in [2.24, 2.45) is 0 Å². The summed E-state index contributed by atoms with van der Waals surface area (Å²) >= 11 is 0. The zero-order valence-electron chi connectivity index (χ0n) is 9.42. The number of rotatable bonds is 3. The minimum atomic E-state index is -3.38. The maximum Gasteiger partial charge on any atom is 0.240 e. The first-order valence-electron chi connectivity index (χ1n) is 5.22. The van der Waals surface area contributed by atoms with E-state index in [0.717, 1.165) is 11.1 Å². The Bertz CT molecular complexity index is 606. The molecule has 0 aliphatic heterocycles. The highest BCUT2D eigenvalue weighted by atomic mass is 32.2. The fraction of sp³-hybridized carbons (Fsp3) is 0.0769. The van der Waals surface area contributed by atoms with E-state index < -0.39 is 10.0 Å². The SMILES string of the molecule is CNS(=O)(=O)c1cccc(-c2ccccc2)c1. The van der Waals surface area contributed by atoms with Gasteiger partial charge in [0.15, 0.2) is 0 Å². The molecule has 0 radical (unpaired) electrons. The summed E-state index contributed by atoms with van der Waals surface area (Å²) in [5.41, 5.74) is 1.89. The van der Waals surface area contributed by atoms with Crippen LogP contribution < -0.4 is 4.72 Å². The second-order valence-corrected chi connectivity index (χ2v) is 5.49. The molecule has 2 rings (SSSR count). The molecule has 2 aromatic rings. The number of nitrogens with one attached hydrogen (secondary N) is 1. The lowest BCUT2D eigenvalue weighted by Crippen LogP contribution is -2.18. The van der Waals surface area contributed by atoms with Gasteiger partial charge >= 0.3 is 0 Å². The second kappa shape index (κ2) is 4.69. The Kier molecular flexibility index (Phi) is 3.26. The molecule has 2 aromatic carbocycles. The van der Waals surface area contributed by atoms with Crippen molar-refractivity contribution in [2.75, 3.05) is 7.05 Å². The molecule has 0 heterocycles. The molecule has 3 nitrogen and oxygen atoms in total. The van der Waals surface area contributed by atoms with Crippen molar-refractivity contribution in [3.63, 3.8) is 0 Å². The molecule has 0 atom stereocenters. The fourth-order valence-electron chi connectivity index (χ4n) is 1.59. The number of hydrogen-bond acceptors (Lipinski definition) is 2. The average molecular weight is 247 g/mol. The summed E-state index contributed by atoms with van der Waals surface area (Å²) in [6.45, 7) is 0. The van der Waals surface area contributed by atoms with Crippen LogP contribution in [0.4, 0.5) is 0 Å². The van der Waals surface area contributed by atoms with Crippen LogP contribution in [0.25, 0.3) is 11.1 Å². The van der Waals surface area contributed by atoms with Gasteiger partial charge in [-0.3, -0.25) is 0 Å². The predicted molar refractivity (Wildman–Crippen MR) is 68.1 cm³/mol. The lowest BCUT2D eigenvalue weighted by Gasteiger charge is -2.05. The zero-order valence-corrected chi connectivity index (χ0v) is 10.2. The van der Waals surface area contributed by atoms with Crippen LogP contribution >= 0.6 is 0 Å². The summed E-state index contributed by atoms with van der Waals surface area (Å²) in [6.07, 6.45) is 0. The number of hydrogen-bond donors (Lipinski definition) is 1. The summed E-state index contributed by atoms with van der Waals surface area (Å²) in [6, 6.07) is 16.6. The van der Waals surface area contributed by atoms with E-state index in [9.17, 15) is 8.42 Å². The molecule has 0 aromatic heterocycles. The molecule has 0 amide bonds. The topological polar surface area (TPSA) is 46.2 Å². The van der Waals surface area contributed by atoms with Crippen LogP contribution in [0, 0.1) is 0 Å². The van der Waals surface area contributed by atoms with Gasteiger partial charge in [0.2, 0.25) is 10.0 Å². The Labute approximate surface area is 101 Å². The van der Waals surface area contributed by atoms with Gasteiger partial charge in [-0.15, -0.1) is 0 Å². The standard InChI is InChI=1S/C13H13NO2S/c1-14-17(15,16)13-9-5-8-12(10-13)11-6-3-2-4-7-11/h2-10,14H,1H3. The molecule has 1 N–H and O–H groups in total. The first kappa shape index (κ1) is 11.8. The monoisotopic (exact) mass is 247 g/mol. The first-order valence-corrected chi connectivity index (χ1v) is 6.71. The number of sulfonamides is 1. The minimum absolute atomic E-state index is 0.279. The normalized spacial score (nSPS) is 11.4. The largest absolute Gasteiger partial charge is 0.240 e. The van der Waals surface area contributed by atoms with E-state index in [1.807, 2.05) is 36.4 Å². The molecule has 0 saturated carbocycles. The summed E-state index contributed by atoms with van der Waals surface area (Å²) in [7, 11) is -1.97. The molecule has 17 heavy (non-hydrogen) atoms. The molecule has 0 unspecified atom stereocenters. The van der Waals surface area contributed by atoms with E-state index in [0.29, 0.717) is 0 Å². The fourth-order valence-corrected chi connectivity index (χ4v) is 2.37.